The summed E-state index contributed by atoms with van der Waals surface area (Å²) in [7, 11) is -1.82. The summed E-state index contributed by atoms with van der Waals surface area (Å²) in [5.74, 6) is 0.557. The van der Waals surface area contributed by atoms with Gasteiger partial charge in [0.15, 0.2) is 0 Å². The quantitative estimate of drug-likeness (QED) is 0.535. The Balaban J connectivity index is 0.00000128. The first-order valence-electron chi connectivity index (χ1n) is 4.41. The molecule has 0 unspecified atom stereocenters. The first-order valence-corrected chi connectivity index (χ1v) is 4.41. The molecule has 78 valence electrons. The zero-order valence-electron chi connectivity index (χ0n) is 9.79. The number of aromatic hydroxyl groups is 1. The van der Waals surface area contributed by atoms with Gasteiger partial charge in [0, 0.05) is 0 Å². The molecule has 4 nitrogen and oxygen atoms in total. The molecular formula is C10H10BKO4. The first kappa shape index (κ1) is 14.0. The van der Waals surface area contributed by atoms with Gasteiger partial charge in [-0.3, -0.25) is 0 Å². The van der Waals surface area contributed by atoms with Gasteiger partial charge < -0.3 is 21.2 Å². The summed E-state index contributed by atoms with van der Waals surface area (Å²) in [4.78, 5) is 0. The van der Waals surface area contributed by atoms with Crippen LogP contribution in [0, 0.1) is 0 Å². The standard InChI is InChI=1S/C10H9BO4.K.H/c12-9-3-1-8-6-10(15-11(13)14)4-2-7(8)5-9;;/h1-6,12-14H;;/q;+1;-1. The molecule has 0 atom stereocenters. The molecule has 2 aromatic rings. The molecule has 0 aliphatic heterocycles. The van der Waals surface area contributed by atoms with Gasteiger partial charge in [0.2, 0.25) is 0 Å². The van der Waals surface area contributed by atoms with Gasteiger partial charge in [0.05, 0.1) is 0 Å². The third kappa shape index (κ3) is 3.46. The van der Waals surface area contributed by atoms with Crippen LogP contribution in [0.1, 0.15) is 1.43 Å². The van der Waals surface area contributed by atoms with Crippen molar-refractivity contribution in [1.82, 2.24) is 0 Å². The van der Waals surface area contributed by atoms with Gasteiger partial charge in [0.25, 0.3) is 0 Å². The van der Waals surface area contributed by atoms with E-state index >= 15 is 0 Å². The van der Waals surface area contributed by atoms with Crippen LogP contribution in [-0.2, 0) is 0 Å². The Hall–Kier alpha value is -0.0787. The minimum absolute atomic E-state index is 0. The fraction of sp³-hybridized carbons (Fsp3) is 0. The summed E-state index contributed by atoms with van der Waals surface area (Å²) < 4.78 is 4.70. The maximum Gasteiger partial charge on any atom is 1.00 e. The summed E-state index contributed by atoms with van der Waals surface area (Å²) in [6.07, 6.45) is 0. The van der Waals surface area contributed by atoms with E-state index in [9.17, 15) is 5.11 Å². The summed E-state index contributed by atoms with van der Waals surface area (Å²) in [6, 6.07) is 9.89. The smallest absolute Gasteiger partial charge is 1.00 e. The SMILES string of the molecule is OB(O)Oc1ccc2cc(O)ccc2c1.[H-].[K+]. The van der Waals surface area contributed by atoms with Gasteiger partial charge in [-0.1, -0.05) is 12.1 Å². The number of hydrogen-bond acceptors (Lipinski definition) is 4. The third-order valence-corrected chi connectivity index (χ3v) is 2.04. The largest absolute Gasteiger partial charge is 1.00 e. The Kier molecular flexibility index (Phi) is 5.26. The Morgan fingerprint density at radius 3 is 2.31 bits per heavy atom. The molecule has 0 aliphatic carbocycles. The molecule has 0 amide bonds. The van der Waals surface area contributed by atoms with E-state index in [0.717, 1.165) is 10.8 Å². The van der Waals surface area contributed by atoms with E-state index in [1.54, 1.807) is 36.4 Å². The Morgan fingerprint density at radius 1 is 1.00 bits per heavy atom. The van der Waals surface area contributed by atoms with E-state index in [-0.39, 0.29) is 58.6 Å². The molecule has 2 rings (SSSR count). The molecule has 0 spiro atoms. The Morgan fingerprint density at radius 2 is 1.62 bits per heavy atom. The molecule has 16 heavy (non-hydrogen) atoms. The number of hydrogen-bond donors (Lipinski definition) is 3. The molecular weight excluding hydrogens is 234 g/mol. The normalized spacial score (nSPS) is 9.62. The fourth-order valence-electron chi connectivity index (χ4n) is 1.41. The average molecular weight is 244 g/mol. The Labute approximate surface area is 137 Å². The molecule has 3 N–H and O–H groups in total. The molecule has 0 fully saturated rings. The topological polar surface area (TPSA) is 69.9 Å². The number of benzene rings is 2. The third-order valence-electron chi connectivity index (χ3n) is 2.04. The van der Waals surface area contributed by atoms with Gasteiger partial charge in [-0.25, -0.2) is 0 Å². The van der Waals surface area contributed by atoms with Crippen molar-refractivity contribution in [3.63, 3.8) is 0 Å². The summed E-state index contributed by atoms with van der Waals surface area (Å²) in [6.45, 7) is 0. The second-order valence-electron chi connectivity index (χ2n) is 3.14. The van der Waals surface area contributed by atoms with E-state index in [0.29, 0.717) is 5.75 Å². The number of phenols is 1. The summed E-state index contributed by atoms with van der Waals surface area (Å²) in [5.41, 5.74) is 0. The number of rotatable bonds is 2. The minimum Gasteiger partial charge on any atom is -1.00 e. The van der Waals surface area contributed by atoms with Crippen LogP contribution in [0.2, 0.25) is 0 Å². The predicted octanol–water partition coefficient (Wildman–Crippen LogP) is -1.99. The van der Waals surface area contributed by atoms with Crippen molar-refractivity contribution in [1.29, 1.82) is 0 Å². The fourth-order valence-corrected chi connectivity index (χ4v) is 1.41. The second-order valence-corrected chi connectivity index (χ2v) is 3.14. The molecule has 0 radical (unpaired) electrons. The van der Waals surface area contributed by atoms with Crippen molar-refractivity contribution >= 4 is 18.1 Å². The van der Waals surface area contributed by atoms with Crippen LogP contribution in [0.4, 0.5) is 0 Å². The molecule has 0 aliphatic rings. The van der Waals surface area contributed by atoms with E-state index in [1.807, 2.05) is 0 Å². The van der Waals surface area contributed by atoms with E-state index in [4.69, 9.17) is 14.7 Å². The van der Waals surface area contributed by atoms with Crippen LogP contribution < -0.4 is 56.0 Å². The molecule has 0 saturated heterocycles. The zero-order chi connectivity index (χ0) is 10.8. The maximum absolute atomic E-state index is 9.23. The van der Waals surface area contributed by atoms with Gasteiger partial charge >= 0.3 is 58.7 Å². The van der Waals surface area contributed by atoms with Gasteiger partial charge in [-0.2, -0.15) is 0 Å². The number of phenolic OH excluding ortho intramolecular Hbond substituents is 1. The molecule has 6 heteroatoms. The molecule has 0 heterocycles. The number of fused-ring (bicyclic) bond motifs is 1. The van der Waals surface area contributed by atoms with Crippen molar-refractivity contribution in [2.75, 3.05) is 0 Å². The van der Waals surface area contributed by atoms with Crippen LogP contribution in [-0.4, -0.2) is 22.5 Å². The van der Waals surface area contributed by atoms with Crippen molar-refractivity contribution in [2.45, 2.75) is 0 Å². The predicted molar refractivity (Wildman–Crippen MR) is 57.5 cm³/mol. The molecule has 2 aromatic carbocycles. The summed E-state index contributed by atoms with van der Waals surface area (Å²) >= 11 is 0. The van der Waals surface area contributed by atoms with Crippen LogP contribution in [0.5, 0.6) is 11.5 Å². The van der Waals surface area contributed by atoms with E-state index in [1.165, 1.54) is 0 Å². The van der Waals surface area contributed by atoms with Crippen molar-refractivity contribution < 1.29 is 72.6 Å². The van der Waals surface area contributed by atoms with Crippen LogP contribution in [0.3, 0.4) is 0 Å². The zero-order valence-corrected chi connectivity index (χ0v) is 11.9. The van der Waals surface area contributed by atoms with E-state index < -0.39 is 7.32 Å². The van der Waals surface area contributed by atoms with Crippen LogP contribution in [0.25, 0.3) is 10.8 Å². The minimum atomic E-state index is -1.82. The average Bonchev–Trinajstić information content (AvgIpc) is 2.17. The van der Waals surface area contributed by atoms with Crippen LogP contribution >= 0.6 is 0 Å². The van der Waals surface area contributed by atoms with Gasteiger partial charge in [-0.05, 0) is 35.0 Å². The Bertz CT molecular complexity index is 495. The van der Waals surface area contributed by atoms with E-state index in [2.05, 4.69) is 0 Å². The van der Waals surface area contributed by atoms with Gasteiger partial charge in [0.1, 0.15) is 11.5 Å². The maximum atomic E-state index is 9.23. The monoisotopic (exact) mass is 244 g/mol. The van der Waals surface area contributed by atoms with Crippen molar-refractivity contribution in [2.24, 2.45) is 0 Å². The van der Waals surface area contributed by atoms with Crippen LogP contribution in [0.15, 0.2) is 36.4 Å². The second kappa shape index (κ2) is 6.02. The molecule has 0 bridgehead atoms. The molecule has 0 saturated carbocycles. The van der Waals surface area contributed by atoms with Crippen molar-refractivity contribution in [3.8, 4) is 11.5 Å². The van der Waals surface area contributed by atoms with Crippen molar-refractivity contribution in [3.05, 3.63) is 36.4 Å². The van der Waals surface area contributed by atoms with Gasteiger partial charge in [-0.15, -0.1) is 0 Å². The molecule has 0 aromatic heterocycles. The first-order chi connectivity index (χ1) is 7.15. The summed E-state index contributed by atoms with van der Waals surface area (Å²) in [5, 5.41) is 28.2.